The minimum absolute atomic E-state index is 0.0553. The van der Waals surface area contributed by atoms with E-state index in [0.29, 0.717) is 17.1 Å². The highest BCUT2D eigenvalue weighted by Gasteiger charge is 2.23. The van der Waals surface area contributed by atoms with Gasteiger partial charge in [-0.2, -0.15) is 0 Å². The summed E-state index contributed by atoms with van der Waals surface area (Å²) in [7, 11) is 4.24. The van der Waals surface area contributed by atoms with E-state index in [1.54, 1.807) is 18.2 Å². The SMILES string of the molecule is COc1ccc(CC(=O)OCC(=O)c2c(N)n(CC(C)C)c(=O)n(C)c2=O)cc1OC. The quantitative estimate of drug-likeness (QED) is 0.453. The smallest absolute Gasteiger partial charge is 0.332 e. The van der Waals surface area contributed by atoms with E-state index in [2.05, 4.69) is 0 Å². The van der Waals surface area contributed by atoms with E-state index < -0.39 is 29.6 Å². The third kappa shape index (κ3) is 5.33. The molecule has 0 amide bonds. The van der Waals surface area contributed by atoms with Crippen LogP contribution in [-0.4, -0.2) is 41.7 Å². The maximum absolute atomic E-state index is 12.6. The van der Waals surface area contributed by atoms with Crippen LogP contribution in [0.4, 0.5) is 5.82 Å². The zero-order valence-electron chi connectivity index (χ0n) is 18.3. The number of benzene rings is 1. The molecule has 2 rings (SSSR count). The van der Waals surface area contributed by atoms with Gasteiger partial charge in [0.25, 0.3) is 5.56 Å². The van der Waals surface area contributed by atoms with Gasteiger partial charge in [-0.1, -0.05) is 19.9 Å². The number of aromatic nitrogens is 2. The van der Waals surface area contributed by atoms with Crippen molar-refractivity contribution in [1.82, 2.24) is 9.13 Å². The van der Waals surface area contributed by atoms with Crippen molar-refractivity contribution in [1.29, 1.82) is 0 Å². The van der Waals surface area contributed by atoms with Crippen molar-refractivity contribution >= 4 is 17.6 Å². The topological polar surface area (TPSA) is 132 Å². The van der Waals surface area contributed by atoms with Crippen LogP contribution in [0.5, 0.6) is 11.5 Å². The number of nitrogen functional groups attached to an aromatic ring is 1. The van der Waals surface area contributed by atoms with E-state index in [1.807, 2.05) is 13.8 Å². The number of esters is 1. The summed E-state index contributed by atoms with van der Waals surface area (Å²) >= 11 is 0. The summed E-state index contributed by atoms with van der Waals surface area (Å²) in [5.41, 5.74) is 4.73. The molecule has 2 N–H and O–H groups in total. The summed E-state index contributed by atoms with van der Waals surface area (Å²) in [6.45, 7) is 3.30. The average molecular weight is 433 g/mol. The van der Waals surface area contributed by atoms with E-state index in [9.17, 15) is 19.2 Å². The number of ether oxygens (including phenoxy) is 3. The number of rotatable bonds is 9. The molecule has 0 aliphatic heterocycles. The second-order valence-electron chi connectivity index (χ2n) is 7.36. The summed E-state index contributed by atoms with van der Waals surface area (Å²) in [6.07, 6.45) is -0.117. The van der Waals surface area contributed by atoms with E-state index >= 15 is 0 Å². The highest BCUT2D eigenvalue weighted by atomic mass is 16.5. The number of carbonyl (C=O) groups excluding carboxylic acids is 2. The third-order valence-electron chi connectivity index (χ3n) is 4.57. The molecule has 31 heavy (non-hydrogen) atoms. The molecule has 0 aliphatic rings. The lowest BCUT2D eigenvalue weighted by atomic mass is 10.1. The van der Waals surface area contributed by atoms with E-state index in [0.717, 1.165) is 4.57 Å². The number of nitrogens with two attached hydrogens (primary N) is 1. The Kier molecular flexibility index (Phi) is 7.62. The fourth-order valence-corrected chi connectivity index (χ4v) is 3.01. The molecule has 0 radical (unpaired) electrons. The Morgan fingerprint density at radius 3 is 2.32 bits per heavy atom. The lowest BCUT2D eigenvalue weighted by Gasteiger charge is -2.16. The molecular weight excluding hydrogens is 406 g/mol. The van der Waals surface area contributed by atoms with E-state index in [-0.39, 0.29) is 30.3 Å². The molecule has 2 aromatic rings. The van der Waals surface area contributed by atoms with Crippen molar-refractivity contribution in [3.05, 3.63) is 50.2 Å². The zero-order valence-corrected chi connectivity index (χ0v) is 18.3. The minimum Gasteiger partial charge on any atom is -0.493 e. The van der Waals surface area contributed by atoms with Gasteiger partial charge in [-0.05, 0) is 23.6 Å². The molecule has 1 aromatic heterocycles. The lowest BCUT2D eigenvalue weighted by Crippen LogP contribution is -2.43. The number of nitrogens with zero attached hydrogens (tertiary/aromatic N) is 2. The Bertz CT molecular complexity index is 1100. The van der Waals surface area contributed by atoms with Gasteiger partial charge in [0.1, 0.15) is 11.4 Å². The Hall–Kier alpha value is -3.56. The maximum Gasteiger partial charge on any atom is 0.332 e. The summed E-state index contributed by atoms with van der Waals surface area (Å²) in [4.78, 5) is 49.6. The first-order chi connectivity index (χ1) is 14.6. The van der Waals surface area contributed by atoms with Crippen LogP contribution in [0, 0.1) is 5.92 Å². The van der Waals surface area contributed by atoms with Gasteiger partial charge in [0.2, 0.25) is 5.78 Å². The second kappa shape index (κ2) is 9.96. The van der Waals surface area contributed by atoms with Gasteiger partial charge < -0.3 is 19.9 Å². The van der Waals surface area contributed by atoms with Crippen molar-refractivity contribution in [3.8, 4) is 11.5 Å². The summed E-state index contributed by atoms with van der Waals surface area (Å²) in [5.74, 6) is -0.671. The van der Waals surface area contributed by atoms with Gasteiger partial charge in [0.15, 0.2) is 18.1 Å². The first-order valence-corrected chi connectivity index (χ1v) is 9.59. The Labute approximate surface area is 179 Å². The molecule has 10 nitrogen and oxygen atoms in total. The van der Waals surface area contributed by atoms with Crippen LogP contribution >= 0.6 is 0 Å². The molecular formula is C21H27N3O7. The monoisotopic (exact) mass is 433 g/mol. The Morgan fingerprint density at radius 1 is 1.10 bits per heavy atom. The van der Waals surface area contributed by atoms with Crippen molar-refractivity contribution in [2.24, 2.45) is 13.0 Å². The van der Waals surface area contributed by atoms with Crippen LogP contribution in [0.1, 0.15) is 29.8 Å². The molecule has 0 saturated carbocycles. The van der Waals surface area contributed by atoms with Gasteiger partial charge in [-0.3, -0.25) is 23.5 Å². The largest absolute Gasteiger partial charge is 0.493 e. The summed E-state index contributed by atoms with van der Waals surface area (Å²) < 4.78 is 17.4. The highest BCUT2D eigenvalue weighted by Crippen LogP contribution is 2.27. The fraction of sp³-hybridized carbons (Fsp3) is 0.429. The molecule has 0 unspecified atom stereocenters. The summed E-state index contributed by atoms with van der Waals surface area (Å²) in [5, 5.41) is 0. The minimum atomic E-state index is -0.830. The average Bonchev–Trinajstić information content (AvgIpc) is 2.73. The van der Waals surface area contributed by atoms with Crippen LogP contribution in [0.3, 0.4) is 0 Å². The standard InChI is InChI=1S/C21H27N3O7/c1-12(2)10-24-19(22)18(20(27)23(3)21(24)28)14(25)11-31-17(26)9-13-6-7-15(29-4)16(8-13)30-5/h6-8,12H,9-11,22H2,1-5H3. The highest BCUT2D eigenvalue weighted by molar-refractivity contribution is 6.01. The lowest BCUT2D eigenvalue weighted by molar-refractivity contribution is -0.141. The normalized spacial score (nSPS) is 10.8. The van der Waals surface area contributed by atoms with Gasteiger partial charge in [-0.25, -0.2) is 4.79 Å². The molecule has 0 saturated heterocycles. The molecule has 0 atom stereocenters. The predicted molar refractivity (Wildman–Crippen MR) is 114 cm³/mol. The summed E-state index contributed by atoms with van der Waals surface area (Å²) in [6, 6.07) is 4.94. The van der Waals surface area contributed by atoms with Gasteiger partial charge in [-0.15, -0.1) is 0 Å². The molecule has 0 bridgehead atoms. The van der Waals surface area contributed by atoms with E-state index in [1.165, 1.54) is 25.8 Å². The zero-order chi connectivity index (χ0) is 23.3. The number of hydrogen-bond donors (Lipinski definition) is 1. The maximum atomic E-state index is 12.6. The Morgan fingerprint density at radius 2 is 1.74 bits per heavy atom. The number of methoxy groups -OCH3 is 2. The molecule has 1 aromatic carbocycles. The number of carbonyl (C=O) groups is 2. The van der Waals surface area contributed by atoms with Crippen LogP contribution in [0.15, 0.2) is 27.8 Å². The van der Waals surface area contributed by atoms with Gasteiger partial charge in [0, 0.05) is 13.6 Å². The third-order valence-corrected chi connectivity index (χ3v) is 4.57. The molecule has 1 heterocycles. The molecule has 0 aliphatic carbocycles. The van der Waals surface area contributed by atoms with Gasteiger partial charge >= 0.3 is 11.7 Å². The number of anilines is 1. The number of Topliss-reactive ketones (excluding diaryl/α,β-unsaturated/α-hetero) is 1. The molecule has 0 fully saturated rings. The fourth-order valence-electron chi connectivity index (χ4n) is 3.01. The predicted octanol–water partition coefficient (Wildman–Crippen LogP) is 0.771. The first-order valence-electron chi connectivity index (χ1n) is 9.59. The van der Waals surface area contributed by atoms with Crippen LogP contribution in [-0.2, 0) is 29.5 Å². The Balaban J connectivity index is 2.17. The van der Waals surface area contributed by atoms with Crippen molar-refractivity contribution < 1.29 is 23.8 Å². The van der Waals surface area contributed by atoms with Gasteiger partial charge in [0.05, 0.1) is 20.6 Å². The van der Waals surface area contributed by atoms with E-state index in [4.69, 9.17) is 19.9 Å². The molecule has 168 valence electrons. The molecule has 0 spiro atoms. The first kappa shape index (κ1) is 23.7. The van der Waals surface area contributed by atoms with Crippen molar-refractivity contribution in [2.75, 3.05) is 26.6 Å². The van der Waals surface area contributed by atoms with Crippen molar-refractivity contribution in [3.63, 3.8) is 0 Å². The van der Waals surface area contributed by atoms with Crippen LogP contribution in [0.25, 0.3) is 0 Å². The number of hydrogen-bond acceptors (Lipinski definition) is 8. The van der Waals surface area contributed by atoms with Crippen molar-refractivity contribution in [2.45, 2.75) is 26.8 Å². The van der Waals surface area contributed by atoms with Crippen LogP contribution in [0.2, 0.25) is 0 Å². The second-order valence-corrected chi connectivity index (χ2v) is 7.36. The van der Waals surface area contributed by atoms with Crippen LogP contribution < -0.4 is 26.5 Å². The number of ketones is 1. The molecule has 10 heteroatoms.